The van der Waals surface area contributed by atoms with Crippen molar-refractivity contribution < 1.29 is 0 Å². The van der Waals surface area contributed by atoms with Gasteiger partial charge in [-0.25, -0.2) is 0 Å². The maximum Gasteiger partial charge on any atom is 0.0702 e. The standard InChI is InChI=1S/C49H36N4/c1-49(2)43-22-5-3-20-39(43)41-31-42-40-21-4-6-25-47(40)53(48(42)32-44(41)49)38-19-13-18-37(30-38)52(35-16-11-14-33(28-35)45-23-7-9-26-50-45)36-17-12-15-34(29-36)46-24-8-10-27-51-46/h3-32H,1-2H3. The third-order valence-corrected chi connectivity index (χ3v) is 10.9. The Labute approximate surface area is 309 Å². The van der Waals surface area contributed by atoms with Gasteiger partial charge in [0.25, 0.3) is 0 Å². The summed E-state index contributed by atoms with van der Waals surface area (Å²) < 4.78 is 2.44. The van der Waals surface area contributed by atoms with Crippen LogP contribution in [0.1, 0.15) is 25.0 Å². The third-order valence-electron chi connectivity index (χ3n) is 10.9. The number of aromatic nitrogens is 3. The summed E-state index contributed by atoms with van der Waals surface area (Å²) in [7, 11) is 0. The van der Waals surface area contributed by atoms with Gasteiger partial charge in [-0.05, 0) is 107 Å². The first-order valence-electron chi connectivity index (χ1n) is 18.2. The summed E-state index contributed by atoms with van der Waals surface area (Å²) in [5.74, 6) is 0. The molecule has 0 fully saturated rings. The van der Waals surface area contributed by atoms with Gasteiger partial charge in [0.05, 0.1) is 22.4 Å². The minimum absolute atomic E-state index is 0.0999. The maximum atomic E-state index is 4.67. The van der Waals surface area contributed by atoms with Gasteiger partial charge in [0.2, 0.25) is 0 Å². The van der Waals surface area contributed by atoms with Gasteiger partial charge < -0.3 is 9.47 Å². The maximum absolute atomic E-state index is 4.67. The predicted octanol–water partition coefficient (Wildman–Crippen LogP) is 12.7. The zero-order valence-corrected chi connectivity index (χ0v) is 29.6. The second-order valence-electron chi connectivity index (χ2n) is 14.3. The second-order valence-corrected chi connectivity index (χ2v) is 14.3. The van der Waals surface area contributed by atoms with E-state index in [1.807, 2.05) is 36.7 Å². The van der Waals surface area contributed by atoms with E-state index in [9.17, 15) is 0 Å². The summed E-state index contributed by atoms with van der Waals surface area (Å²) in [6.07, 6.45) is 3.70. The number of rotatable bonds is 6. The topological polar surface area (TPSA) is 34.0 Å². The van der Waals surface area contributed by atoms with E-state index in [0.29, 0.717) is 0 Å². The van der Waals surface area contributed by atoms with Crippen LogP contribution < -0.4 is 4.90 Å². The van der Waals surface area contributed by atoms with Crippen molar-refractivity contribution in [2.75, 3.05) is 4.90 Å². The lowest BCUT2D eigenvalue weighted by molar-refractivity contribution is 0.661. The predicted molar refractivity (Wildman–Crippen MR) is 219 cm³/mol. The largest absolute Gasteiger partial charge is 0.310 e. The van der Waals surface area contributed by atoms with Gasteiger partial charge in [-0.3, -0.25) is 9.97 Å². The highest BCUT2D eigenvalue weighted by Gasteiger charge is 2.36. The first-order chi connectivity index (χ1) is 26.0. The van der Waals surface area contributed by atoms with E-state index in [1.54, 1.807) is 0 Å². The number of pyridine rings is 2. The average Bonchev–Trinajstić information content (AvgIpc) is 3.66. The van der Waals surface area contributed by atoms with Gasteiger partial charge >= 0.3 is 0 Å². The van der Waals surface area contributed by atoms with E-state index < -0.39 is 0 Å². The molecule has 53 heavy (non-hydrogen) atoms. The van der Waals surface area contributed by atoms with Crippen LogP contribution in [0.5, 0.6) is 0 Å². The van der Waals surface area contributed by atoms with Crippen LogP contribution >= 0.6 is 0 Å². The number of fused-ring (bicyclic) bond motifs is 6. The van der Waals surface area contributed by atoms with Crippen LogP contribution in [0.3, 0.4) is 0 Å². The van der Waals surface area contributed by atoms with Gasteiger partial charge in [-0.1, -0.05) is 98.8 Å². The fraction of sp³-hybridized carbons (Fsp3) is 0.0612. The van der Waals surface area contributed by atoms with Gasteiger partial charge in [0.1, 0.15) is 0 Å². The van der Waals surface area contributed by atoms with E-state index in [-0.39, 0.29) is 5.41 Å². The molecule has 252 valence electrons. The molecule has 10 rings (SSSR count). The van der Waals surface area contributed by atoms with Crippen LogP contribution in [0.4, 0.5) is 17.1 Å². The lowest BCUT2D eigenvalue weighted by Gasteiger charge is -2.27. The Balaban J connectivity index is 1.18. The Morgan fingerprint density at radius 3 is 1.74 bits per heavy atom. The fourth-order valence-corrected chi connectivity index (χ4v) is 8.34. The zero-order chi connectivity index (χ0) is 35.5. The van der Waals surface area contributed by atoms with Crippen LogP contribution in [0.15, 0.2) is 182 Å². The van der Waals surface area contributed by atoms with Crippen molar-refractivity contribution in [3.05, 3.63) is 193 Å². The molecule has 0 aliphatic heterocycles. The first-order valence-corrected chi connectivity index (χ1v) is 18.2. The molecule has 0 bridgehead atoms. The molecule has 1 aliphatic rings. The average molecular weight is 681 g/mol. The van der Waals surface area contributed by atoms with Crippen molar-refractivity contribution in [1.29, 1.82) is 0 Å². The number of nitrogens with zero attached hydrogens (tertiary/aromatic N) is 4. The Morgan fingerprint density at radius 1 is 0.453 bits per heavy atom. The molecule has 4 nitrogen and oxygen atoms in total. The number of benzene rings is 6. The molecule has 3 aromatic heterocycles. The molecule has 1 aliphatic carbocycles. The molecule has 0 unspecified atom stereocenters. The lowest BCUT2D eigenvalue weighted by Crippen LogP contribution is -2.15. The van der Waals surface area contributed by atoms with E-state index in [2.05, 4.69) is 179 Å². The SMILES string of the molecule is CC1(C)c2ccccc2-c2cc3c4ccccc4n(-c4cccc(N(c5cccc(-c6ccccn6)c5)c5cccc(-c6ccccn6)c5)c4)c3cc21. The van der Waals surface area contributed by atoms with Crippen LogP contribution in [0, 0.1) is 0 Å². The van der Waals surface area contributed by atoms with Gasteiger partial charge in [0, 0.05) is 62.5 Å². The monoisotopic (exact) mass is 680 g/mol. The normalized spacial score (nSPS) is 12.9. The highest BCUT2D eigenvalue weighted by atomic mass is 15.1. The van der Waals surface area contributed by atoms with E-state index in [0.717, 1.165) is 45.3 Å². The van der Waals surface area contributed by atoms with Gasteiger partial charge in [0.15, 0.2) is 0 Å². The summed E-state index contributed by atoms with van der Waals surface area (Å²) >= 11 is 0. The smallest absolute Gasteiger partial charge is 0.0702 e. The molecular weight excluding hydrogens is 645 g/mol. The van der Waals surface area contributed by atoms with Crippen molar-refractivity contribution in [2.24, 2.45) is 0 Å². The summed E-state index contributed by atoms with van der Waals surface area (Å²) in [6.45, 7) is 4.71. The Morgan fingerprint density at radius 2 is 1.06 bits per heavy atom. The molecule has 0 radical (unpaired) electrons. The summed E-state index contributed by atoms with van der Waals surface area (Å²) in [5.41, 5.74) is 16.0. The van der Waals surface area contributed by atoms with Crippen molar-refractivity contribution in [3.8, 4) is 39.3 Å². The van der Waals surface area contributed by atoms with Crippen molar-refractivity contribution in [2.45, 2.75) is 19.3 Å². The quantitative estimate of drug-likeness (QED) is 0.175. The lowest BCUT2D eigenvalue weighted by atomic mass is 9.82. The van der Waals surface area contributed by atoms with Crippen molar-refractivity contribution >= 4 is 38.9 Å². The molecule has 4 heteroatoms. The fourth-order valence-electron chi connectivity index (χ4n) is 8.34. The molecule has 0 saturated carbocycles. The van der Waals surface area contributed by atoms with Crippen molar-refractivity contribution in [3.63, 3.8) is 0 Å². The van der Waals surface area contributed by atoms with Crippen LogP contribution in [-0.2, 0) is 5.41 Å². The minimum atomic E-state index is -0.0999. The Hall–Kier alpha value is -6.78. The highest BCUT2D eigenvalue weighted by molar-refractivity contribution is 6.11. The van der Waals surface area contributed by atoms with Crippen LogP contribution in [0.2, 0.25) is 0 Å². The molecule has 6 aromatic carbocycles. The van der Waals surface area contributed by atoms with Gasteiger partial charge in [-0.2, -0.15) is 0 Å². The van der Waals surface area contributed by atoms with Crippen LogP contribution in [-0.4, -0.2) is 14.5 Å². The van der Waals surface area contributed by atoms with Crippen LogP contribution in [0.25, 0.3) is 61.1 Å². The summed E-state index contributed by atoms with van der Waals surface area (Å²) in [6, 6.07) is 60.9. The second kappa shape index (κ2) is 12.2. The Bertz CT molecular complexity index is 2730. The van der Waals surface area contributed by atoms with E-state index >= 15 is 0 Å². The number of hydrogen-bond donors (Lipinski definition) is 0. The molecule has 3 heterocycles. The molecule has 0 amide bonds. The number of hydrogen-bond acceptors (Lipinski definition) is 3. The number of anilines is 3. The zero-order valence-electron chi connectivity index (χ0n) is 29.6. The number of para-hydroxylation sites is 1. The summed E-state index contributed by atoms with van der Waals surface area (Å²) in [4.78, 5) is 11.7. The molecular formula is C49H36N4. The summed E-state index contributed by atoms with van der Waals surface area (Å²) in [5, 5.41) is 2.51. The third kappa shape index (κ3) is 5.06. The molecule has 0 N–H and O–H groups in total. The van der Waals surface area contributed by atoms with Gasteiger partial charge in [-0.15, -0.1) is 0 Å². The van der Waals surface area contributed by atoms with Crippen molar-refractivity contribution in [1.82, 2.24) is 14.5 Å². The molecule has 0 atom stereocenters. The van der Waals surface area contributed by atoms with E-state index in [1.165, 1.54) is 44.1 Å². The minimum Gasteiger partial charge on any atom is -0.310 e. The Kier molecular flexibility index (Phi) is 7.12. The molecule has 0 saturated heterocycles. The molecule has 0 spiro atoms. The highest BCUT2D eigenvalue weighted by Crippen LogP contribution is 2.51. The molecule has 9 aromatic rings. The van der Waals surface area contributed by atoms with E-state index in [4.69, 9.17) is 0 Å². The first kappa shape index (κ1) is 31.0.